The molecule has 0 saturated carbocycles. The van der Waals surface area contributed by atoms with Crippen molar-refractivity contribution in [2.75, 3.05) is 24.2 Å². The molecular formula is C20H26N2O5S2. The first-order valence-corrected chi connectivity index (χ1v) is 12.4. The van der Waals surface area contributed by atoms with Gasteiger partial charge in [0.2, 0.25) is 10.0 Å². The van der Waals surface area contributed by atoms with Crippen LogP contribution in [0.15, 0.2) is 52.3 Å². The number of hydrogen-bond acceptors (Lipinski definition) is 5. The van der Waals surface area contributed by atoms with Crippen LogP contribution < -0.4 is 5.32 Å². The van der Waals surface area contributed by atoms with Crippen molar-refractivity contribution < 1.29 is 21.6 Å². The van der Waals surface area contributed by atoms with E-state index in [1.54, 1.807) is 39.8 Å². The van der Waals surface area contributed by atoms with Gasteiger partial charge in [0.25, 0.3) is 5.91 Å². The lowest BCUT2D eigenvalue weighted by molar-refractivity contribution is 0.102. The van der Waals surface area contributed by atoms with Crippen LogP contribution >= 0.6 is 0 Å². The number of nitrogens with zero attached hydrogens (tertiary/aromatic N) is 1. The molecule has 0 spiro atoms. The highest BCUT2D eigenvalue weighted by Gasteiger charge is 2.24. The van der Waals surface area contributed by atoms with Gasteiger partial charge in [-0.2, -0.15) is 4.31 Å². The van der Waals surface area contributed by atoms with Crippen molar-refractivity contribution >= 4 is 31.5 Å². The van der Waals surface area contributed by atoms with Crippen molar-refractivity contribution in [3.63, 3.8) is 0 Å². The first-order valence-electron chi connectivity index (χ1n) is 9.31. The van der Waals surface area contributed by atoms with Gasteiger partial charge < -0.3 is 5.32 Å². The minimum atomic E-state index is -3.66. The highest BCUT2D eigenvalue weighted by atomic mass is 32.2. The maximum Gasteiger partial charge on any atom is 0.255 e. The molecule has 0 aliphatic carbocycles. The SMILES string of the molecule is CCN(CC)S(=O)(=O)c1cc(NC(=O)c2ccc(S(=O)(=O)CC)cc2)ccc1C. The van der Waals surface area contributed by atoms with Gasteiger partial charge in [0, 0.05) is 24.3 Å². The van der Waals surface area contributed by atoms with Gasteiger partial charge in [0.15, 0.2) is 9.84 Å². The summed E-state index contributed by atoms with van der Waals surface area (Å²) in [5.41, 5.74) is 1.20. The smallest absolute Gasteiger partial charge is 0.255 e. The average molecular weight is 439 g/mol. The molecule has 0 aromatic heterocycles. The molecule has 158 valence electrons. The van der Waals surface area contributed by atoms with Crippen LogP contribution in [-0.4, -0.2) is 45.9 Å². The van der Waals surface area contributed by atoms with Crippen LogP contribution in [0.1, 0.15) is 36.7 Å². The summed E-state index contributed by atoms with van der Waals surface area (Å²) in [5, 5.41) is 2.67. The van der Waals surface area contributed by atoms with Crippen LogP contribution in [0.3, 0.4) is 0 Å². The summed E-state index contributed by atoms with van der Waals surface area (Å²) in [6.45, 7) is 7.49. The second kappa shape index (κ2) is 9.06. The largest absolute Gasteiger partial charge is 0.322 e. The zero-order valence-corrected chi connectivity index (χ0v) is 18.6. The summed E-state index contributed by atoms with van der Waals surface area (Å²) < 4.78 is 50.8. The van der Waals surface area contributed by atoms with Crippen molar-refractivity contribution in [1.82, 2.24) is 4.31 Å². The van der Waals surface area contributed by atoms with Crippen LogP contribution in [0.4, 0.5) is 5.69 Å². The minimum absolute atomic E-state index is 0.0221. The number of carbonyl (C=O) groups is 1. The number of nitrogens with one attached hydrogen (secondary N) is 1. The Morgan fingerprint density at radius 3 is 2.03 bits per heavy atom. The van der Waals surface area contributed by atoms with Crippen LogP contribution in [0.2, 0.25) is 0 Å². The van der Waals surface area contributed by atoms with Crippen molar-refractivity contribution in [3.8, 4) is 0 Å². The molecule has 0 saturated heterocycles. The van der Waals surface area contributed by atoms with Gasteiger partial charge in [-0.15, -0.1) is 0 Å². The first kappa shape index (κ1) is 23.1. The van der Waals surface area contributed by atoms with Gasteiger partial charge in [-0.1, -0.05) is 26.8 Å². The van der Waals surface area contributed by atoms with Crippen molar-refractivity contribution in [1.29, 1.82) is 0 Å². The molecule has 0 aliphatic rings. The fraction of sp³-hybridized carbons (Fsp3) is 0.350. The number of carbonyl (C=O) groups excluding carboxylic acids is 1. The molecule has 0 heterocycles. The van der Waals surface area contributed by atoms with Crippen LogP contribution in [0.5, 0.6) is 0 Å². The average Bonchev–Trinajstić information content (AvgIpc) is 2.70. The first-order chi connectivity index (χ1) is 13.6. The third-order valence-corrected chi connectivity index (χ3v) is 8.57. The molecule has 0 aliphatic heterocycles. The van der Waals surface area contributed by atoms with E-state index in [9.17, 15) is 21.6 Å². The third-order valence-electron chi connectivity index (χ3n) is 4.62. The zero-order valence-electron chi connectivity index (χ0n) is 17.0. The quantitative estimate of drug-likeness (QED) is 0.683. The molecule has 0 unspecified atom stereocenters. The third kappa shape index (κ3) is 5.04. The number of sulfone groups is 1. The number of amides is 1. The normalized spacial score (nSPS) is 12.2. The molecule has 2 aromatic carbocycles. The van der Waals surface area contributed by atoms with Crippen LogP contribution in [-0.2, 0) is 19.9 Å². The van der Waals surface area contributed by atoms with E-state index >= 15 is 0 Å². The predicted octanol–water partition coefficient (Wildman–Crippen LogP) is 3.07. The Labute approximate surface area is 172 Å². The highest BCUT2D eigenvalue weighted by Crippen LogP contribution is 2.24. The molecule has 0 radical (unpaired) electrons. The van der Waals surface area contributed by atoms with Crippen molar-refractivity contribution in [3.05, 3.63) is 53.6 Å². The molecule has 0 fully saturated rings. The van der Waals surface area contributed by atoms with Gasteiger partial charge >= 0.3 is 0 Å². The lowest BCUT2D eigenvalue weighted by Crippen LogP contribution is -2.31. The van der Waals surface area contributed by atoms with Crippen molar-refractivity contribution in [2.24, 2.45) is 0 Å². The number of sulfonamides is 1. The van der Waals surface area contributed by atoms with Gasteiger partial charge in [-0.25, -0.2) is 16.8 Å². The van der Waals surface area contributed by atoms with E-state index < -0.39 is 25.8 Å². The number of anilines is 1. The van der Waals surface area contributed by atoms with E-state index in [-0.39, 0.29) is 21.1 Å². The molecule has 1 amide bonds. The summed E-state index contributed by atoms with van der Waals surface area (Å²) in [6.07, 6.45) is 0. The Bertz CT molecular complexity index is 1090. The molecule has 29 heavy (non-hydrogen) atoms. The van der Waals surface area contributed by atoms with E-state index in [0.29, 0.717) is 24.3 Å². The van der Waals surface area contributed by atoms with E-state index in [4.69, 9.17) is 0 Å². The Morgan fingerprint density at radius 1 is 0.931 bits per heavy atom. The molecule has 7 nitrogen and oxygen atoms in total. The molecular weight excluding hydrogens is 412 g/mol. The topological polar surface area (TPSA) is 101 Å². The van der Waals surface area contributed by atoms with Crippen molar-refractivity contribution in [2.45, 2.75) is 37.5 Å². The van der Waals surface area contributed by atoms with Gasteiger partial charge in [0.05, 0.1) is 15.5 Å². The number of hydrogen-bond donors (Lipinski definition) is 1. The highest BCUT2D eigenvalue weighted by molar-refractivity contribution is 7.91. The fourth-order valence-corrected chi connectivity index (χ4v) is 5.43. The molecule has 2 aromatic rings. The fourth-order valence-electron chi connectivity index (χ4n) is 2.84. The van der Waals surface area contributed by atoms with E-state index in [1.165, 1.54) is 34.6 Å². The molecule has 1 N–H and O–H groups in total. The van der Waals surface area contributed by atoms with Gasteiger partial charge in [-0.3, -0.25) is 4.79 Å². The molecule has 9 heteroatoms. The van der Waals surface area contributed by atoms with Crippen LogP contribution in [0, 0.1) is 6.92 Å². The maximum absolute atomic E-state index is 12.8. The zero-order chi connectivity index (χ0) is 21.8. The standard InChI is InChI=1S/C20H26N2O5S2/c1-5-22(6-2)29(26,27)19-14-17(11-8-15(19)4)21-20(23)16-9-12-18(13-10-16)28(24,25)7-3/h8-14H,5-7H2,1-4H3,(H,21,23). The van der Waals surface area contributed by atoms with Gasteiger partial charge in [-0.05, 0) is 48.9 Å². The van der Waals surface area contributed by atoms with E-state index in [2.05, 4.69) is 5.32 Å². The number of benzene rings is 2. The maximum atomic E-state index is 12.8. The Morgan fingerprint density at radius 2 is 1.52 bits per heavy atom. The second-order valence-electron chi connectivity index (χ2n) is 6.45. The summed E-state index contributed by atoms with van der Waals surface area (Å²) in [4.78, 5) is 12.8. The lowest BCUT2D eigenvalue weighted by atomic mass is 10.2. The summed E-state index contributed by atoms with van der Waals surface area (Å²) in [7, 11) is -7.01. The second-order valence-corrected chi connectivity index (χ2v) is 10.6. The molecule has 0 bridgehead atoms. The van der Waals surface area contributed by atoms with E-state index in [1.807, 2.05) is 0 Å². The summed E-state index contributed by atoms with van der Waals surface area (Å²) in [5.74, 6) is -0.480. The monoisotopic (exact) mass is 438 g/mol. The molecule has 0 atom stereocenters. The summed E-state index contributed by atoms with van der Waals surface area (Å²) >= 11 is 0. The minimum Gasteiger partial charge on any atom is -0.322 e. The summed E-state index contributed by atoms with van der Waals surface area (Å²) in [6, 6.07) is 10.3. The Balaban J connectivity index is 2.30. The van der Waals surface area contributed by atoms with Crippen LogP contribution in [0.25, 0.3) is 0 Å². The predicted molar refractivity (Wildman–Crippen MR) is 113 cm³/mol. The molecule has 2 rings (SSSR count). The Hall–Kier alpha value is -2.23. The van der Waals surface area contributed by atoms with Gasteiger partial charge in [0.1, 0.15) is 0 Å². The number of aryl methyl sites for hydroxylation is 1. The number of rotatable bonds is 8. The lowest BCUT2D eigenvalue weighted by Gasteiger charge is -2.20. The van der Waals surface area contributed by atoms with E-state index in [0.717, 1.165) is 0 Å². The Kier molecular flexibility index (Phi) is 7.20.